The Hall–Kier alpha value is -1.55. The molecule has 0 saturated carbocycles. The zero-order chi connectivity index (χ0) is 15.6. The molecule has 114 valence electrons. The Morgan fingerprint density at radius 2 is 1.86 bits per heavy atom. The highest BCUT2D eigenvalue weighted by molar-refractivity contribution is 7.21. The lowest BCUT2D eigenvalue weighted by molar-refractivity contribution is 0.0893. The Labute approximate surface area is 130 Å². The summed E-state index contributed by atoms with van der Waals surface area (Å²) < 4.78 is 1.11. The first-order chi connectivity index (χ1) is 9.98. The number of nitrogens with one attached hydrogen (secondary N) is 1. The molecule has 3 N–H and O–H groups in total. The summed E-state index contributed by atoms with van der Waals surface area (Å²) in [7, 11) is 0. The molecule has 2 aromatic rings. The average Bonchev–Trinajstić information content (AvgIpc) is 2.84. The van der Waals surface area contributed by atoms with Gasteiger partial charge in [-0.15, -0.1) is 11.3 Å². The second-order valence-corrected chi connectivity index (χ2v) is 6.61. The van der Waals surface area contributed by atoms with Gasteiger partial charge in [0.2, 0.25) is 0 Å². The maximum atomic E-state index is 12.7. The van der Waals surface area contributed by atoms with E-state index in [1.54, 1.807) is 0 Å². The fourth-order valence-electron chi connectivity index (χ4n) is 2.76. The molecule has 4 heteroatoms. The van der Waals surface area contributed by atoms with E-state index in [-0.39, 0.29) is 11.4 Å². The highest BCUT2D eigenvalue weighted by Gasteiger charge is 2.28. The molecule has 0 spiro atoms. The maximum absolute atomic E-state index is 12.7. The zero-order valence-corrected chi connectivity index (χ0v) is 14.1. The average molecular weight is 304 g/mol. The molecule has 0 atom stereocenters. The van der Waals surface area contributed by atoms with E-state index in [1.165, 1.54) is 11.3 Å². The number of nitrogen functional groups attached to an aromatic ring is 1. The van der Waals surface area contributed by atoms with Crippen molar-refractivity contribution < 1.29 is 4.79 Å². The number of rotatable bonds is 5. The van der Waals surface area contributed by atoms with Crippen molar-refractivity contribution in [2.45, 2.75) is 52.5 Å². The van der Waals surface area contributed by atoms with Crippen molar-refractivity contribution in [2.24, 2.45) is 0 Å². The van der Waals surface area contributed by atoms with Gasteiger partial charge in [0.05, 0.1) is 5.69 Å². The Balaban J connectivity index is 2.40. The number of amides is 1. The van der Waals surface area contributed by atoms with Crippen LogP contribution in [-0.2, 0) is 0 Å². The molecule has 0 radical (unpaired) electrons. The van der Waals surface area contributed by atoms with Crippen LogP contribution >= 0.6 is 11.3 Å². The standard InChI is InChI=1S/C17H24N2OS/c1-5-17(6-2,7-3)19-16(20)15-13(18)12-10-8-9-11(4)14(12)21-15/h8-10H,5-7,18H2,1-4H3,(H,19,20). The van der Waals surface area contributed by atoms with Gasteiger partial charge in [0.25, 0.3) is 5.91 Å². The Bertz CT molecular complexity index is 648. The first-order valence-electron chi connectivity index (χ1n) is 7.58. The summed E-state index contributed by atoms with van der Waals surface area (Å²) in [5.41, 5.74) is 7.84. The minimum absolute atomic E-state index is 0.0429. The molecule has 1 amide bonds. The second-order valence-electron chi connectivity index (χ2n) is 5.59. The lowest BCUT2D eigenvalue weighted by Crippen LogP contribution is -2.47. The lowest BCUT2D eigenvalue weighted by atomic mass is 9.89. The van der Waals surface area contributed by atoms with Gasteiger partial charge in [0.15, 0.2) is 0 Å². The first kappa shape index (κ1) is 15.8. The van der Waals surface area contributed by atoms with Crippen LogP contribution in [-0.4, -0.2) is 11.4 Å². The molecular weight excluding hydrogens is 280 g/mol. The molecule has 3 nitrogen and oxygen atoms in total. The van der Waals surface area contributed by atoms with Gasteiger partial charge >= 0.3 is 0 Å². The van der Waals surface area contributed by atoms with E-state index in [2.05, 4.69) is 26.1 Å². The van der Waals surface area contributed by atoms with Crippen LogP contribution in [0.4, 0.5) is 5.69 Å². The molecule has 0 aliphatic rings. The lowest BCUT2D eigenvalue weighted by Gasteiger charge is -2.31. The Kier molecular flexibility index (Phi) is 4.57. The topological polar surface area (TPSA) is 55.1 Å². The van der Waals surface area contributed by atoms with E-state index in [0.717, 1.165) is 34.9 Å². The third kappa shape index (κ3) is 2.77. The quantitative estimate of drug-likeness (QED) is 0.855. The summed E-state index contributed by atoms with van der Waals surface area (Å²) in [6.45, 7) is 8.40. The fourth-order valence-corrected chi connectivity index (χ4v) is 3.85. The monoisotopic (exact) mass is 304 g/mol. The minimum Gasteiger partial charge on any atom is -0.397 e. The van der Waals surface area contributed by atoms with Gasteiger partial charge in [0.1, 0.15) is 4.88 Å². The van der Waals surface area contributed by atoms with Gasteiger partial charge in [0, 0.05) is 15.6 Å². The molecule has 1 aromatic heterocycles. The van der Waals surface area contributed by atoms with Crippen LogP contribution in [0.15, 0.2) is 18.2 Å². The molecule has 0 saturated heterocycles. The largest absolute Gasteiger partial charge is 0.397 e. The van der Waals surface area contributed by atoms with Crippen LogP contribution in [0.1, 0.15) is 55.3 Å². The van der Waals surface area contributed by atoms with Crippen molar-refractivity contribution in [3.05, 3.63) is 28.6 Å². The molecule has 0 unspecified atom stereocenters. The Morgan fingerprint density at radius 3 is 2.38 bits per heavy atom. The maximum Gasteiger partial charge on any atom is 0.263 e. The van der Waals surface area contributed by atoms with Gasteiger partial charge in [-0.1, -0.05) is 39.0 Å². The summed E-state index contributed by atoms with van der Waals surface area (Å²) >= 11 is 1.49. The number of nitrogens with two attached hydrogens (primary N) is 1. The van der Waals surface area contributed by atoms with E-state index in [0.29, 0.717) is 10.6 Å². The molecule has 2 rings (SSSR count). The van der Waals surface area contributed by atoms with Crippen LogP contribution in [0.25, 0.3) is 10.1 Å². The van der Waals surface area contributed by atoms with Crippen LogP contribution in [0.5, 0.6) is 0 Å². The summed E-state index contributed by atoms with van der Waals surface area (Å²) in [4.78, 5) is 13.3. The molecule has 0 aliphatic carbocycles. The Morgan fingerprint density at radius 1 is 1.24 bits per heavy atom. The minimum atomic E-state index is -0.130. The summed E-state index contributed by atoms with van der Waals surface area (Å²) in [5.74, 6) is -0.0429. The molecule has 0 bridgehead atoms. The predicted molar refractivity (Wildman–Crippen MR) is 92.0 cm³/mol. The van der Waals surface area contributed by atoms with Gasteiger partial charge in [-0.05, 0) is 31.7 Å². The molecule has 1 heterocycles. The van der Waals surface area contributed by atoms with Gasteiger partial charge in [-0.3, -0.25) is 4.79 Å². The summed E-state index contributed by atoms with van der Waals surface area (Å²) in [6, 6.07) is 6.02. The van der Waals surface area contributed by atoms with Crippen molar-refractivity contribution in [1.29, 1.82) is 0 Å². The number of thiophene rings is 1. The molecule has 1 aromatic carbocycles. The zero-order valence-electron chi connectivity index (χ0n) is 13.2. The van der Waals surface area contributed by atoms with E-state index in [9.17, 15) is 4.79 Å². The molecular formula is C17H24N2OS. The number of hydrogen-bond donors (Lipinski definition) is 2. The highest BCUT2D eigenvalue weighted by Crippen LogP contribution is 2.36. The third-order valence-corrected chi connectivity index (χ3v) is 5.92. The van der Waals surface area contributed by atoms with E-state index < -0.39 is 0 Å². The number of carbonyl (C=O) groups excluding carboxylic acids is 1. The van der Waals surface area contributed by atoms with Crippen LogP contribution in [0.2, 0.25) is 0 Å². The number of carbonyl (C=O) groups is 1. The van der Waals surface area contributed by atoms with Gasteiger partial charge in [-0.25, -0.2) is 0 Å². The SMILES string of the molecule is CCC(CC)(CC)NC(=O)c1sc2c(C)cccc2c1N. The number of anilines is 1. The molecule has 21 heavy (non-hydrogen) atoms. The number of hydrogen-bond acceptors (Lipinski definition) is 3. The van der Waals surface area contributed by atoms with Crippen LogP contribution in [0.3, 0.4) is 0 Å². The van der Waals surface area contributed by atoms with Crippen molar-refractivity contribution in [1.82, 2.24) is 5.32 Å². The molecule has 0 aliphatic heterocycles. The number of aryl methyl sites for hydroxylation is 1. The summed E-state index contributed by atoms with van der Waals surface area (Å²) in [5, 5.41) is 4.19. The van der Waals surface area contributed by atoms with Crippen molar-refractivity contribution in [3.63, 3.8) is 0 Å². The fraction of sp³-hybridized carbons (Fsp3) is 0.471. The van der Waals surface area contributed by atoms with Gasteiger partial charge < -0.3 is 11.1 Å². The predicted octanol–water partition coefficient (Wildman–Crippen LogP) is 4.49. The smallest absolute Gasteiger partial charge is 0.263 e. The number of benzene rings is 1. The molecule has 0 fully saturated rings. The van der Waals surface area contributed by atoms with Crippen molar-refractivity contribution in [2.75, 3.05) is 5.73 Å². The number of fused-ring (bicyclic) bond motifs is 1. The third-order valence-electron chi connectivity index (χ3n) is 4.57. The second kappa shape index (κ2) is 6.06. The van der Waals surface area contributed by atoms with E-state index in [4.69, 9.17) is 5.73 Å². The van der Waals surface area contributed by atoms with Gasteiger partial charge in [-0.2, -0.15) is 0 Å². The van der Waals surface area contributed by atoms with Crippen LogP contribution < -0.4 is 11.1 Å². The van der Waals surface area contributed by atoms with Crippen molar-refractivity contribution in [3.8, 4) is 0 Å². The highest BCUT2D eigenvalue weighted by atomic mass is 32.1. The first-order valence-corrected chi connectivity index (χ1v) is 8.39. The van der Waals surface area contributed by atoms with Crippen molar-refractivity contribution >= 4 is 33.0 Å². The van der Waals surface area contributed by atoms with E-state index >= 15 is 0 Å². The van der Waals surface area contributed by atoms with Crippen LogP contribution in [0, 0.1) is 6.92 Å². The van der Waals surface area contributed by atoms with E-state index in [1.807, 2.05) is 25.1 Å². The normalized spacial score (nSPS) is 11.8. The summed E-state index contributed by atoms with van der Waals surface area (Å²) in [6.07, 6.45) is 2.78.